The first-order valence-electron chi connectivity index (χ1n) is 5.19. The summed E-state index contributed by atoms with van der Waals surface area (Å²) >= 11 is 3.43. The van der Waals surface area contributed by atoms with E-state index in [4.69, 9.17) is 0 Å². The molecule has 1 aliphatic carbocycles. The van der Waals surface area contributed by atoms with Crippen LogP contribution in [0, 0.1) is 0 Å². The third kappa shape index (κ3) is 3.20. The van der Waals surface area contributed by atoms with Crippen molar-refractivity contribution in [3.05, 3.63) is 33.8 Å². The third-order valence-corrected chi connectivity index (χ3v) is 3.42. The summed E-state index contributed by atoms with van der Waals surface area (Å²) in [6.45, 7) is -1.27. The fraction of sp³-hybridized carbons (Fsp3) is 0.455. The van der Waals surface area contributed by atoms with E-state index in [2.05, 4.69) is 26.2 Å². The van der Waals surface area contributed by atoms with E-state index in [1.165, 1.54) is 0 Å². The van der Waals surface area contributed by atoms with E-state index in [-0.39, 0.29) is 6.04 Å². The second-order valence-corrected chi connectivity index (χ2v) is 4.77. The van der Waals surface area contributed by atoms with Crippen molar-refractivity contribution in [2.45, 2.75) is 25.1 Å². The van der Waals surface area contributed by atoms with E-state index < -0.39 is 12.8 Å². The summed E-state index contributed by atoms with van der Waals surface area (Å²) in [5.41, 5.74) is 4.62. The highest BCUT2D eigenvalue weighted by Gasteiger charge is 2.29. The van der Waals surface area contributed by atoms with Gasteiger partial charge in [0.25, 0.3) is 0 Å². The van der Waals surface area contributed by atoms with Gasteiger partial charge in [-0.1, -0.05) is 28.1 Å². The van der Waals surface area contributed by atoms with Gasteiger partial charge in [0.15, 0.2) is 6.61 Å². The molecule has 0 aromatic heterocycles. The minimum Gasteiger partial charge on any atom is -0.292 e. The standard InChI is InChI=1S/C11H11BrF3NO/c12-9-3-1-2-8-7(9)4-5-10(8)16-17-6-11(13,14)15/h1-3,10,16H,4-6H2. The van der Waals surface area contributed by atoms with Gasteiger partial charge in [0.05, 0.1) is 6.04 Å². The zero-order valence-corrected chi connectivity index (χ0v) is 10.4. The van der Waals surface area contributed by atoms with E-state index >= 15 is 0 Å². The molecule has 0 amide bonds. The van der Waals surface area contributed by atoms with Gasteiger partial charge in [0.1, 0.15) is 0 Å². The largest absolute Gasteiger partial charge is 0.413 e. The lowest BCUT2D eigenvalue weighted by Crippen LogP contribution is -2.27. The Kier molecular flexibility index (Phi) is 3.75. The van der Waals surface area contributed by atoms with Crippen molar-refractivity contribution in [2.24, 2.45) is 0 Å². The number of rotatable bonds is 3. The summed E-state index contributed by atoms with van der Waals surface area (Å²) in [5, 5.41) is 0. The summed E-state index contributed by atoms with van der Waals surface area (Å²) in [4.78, 5) is 4.49. The van der Waals surface area contributed by atoms with Gasteiger partial charge in [-0.05, 0) is 30.0 Å². The molecule has 17 heavy (non-hydrogen) atoms. The Balaban J connectivity index is 1.96. The lowest BCUT2D eigenvalue weighted by Gasteiger charge is -2.15. The topological polar surface area (TPSA) is 21.3 Å². The predicted molar refractivity (Wildman–Crippen MR) is 60.3 cm³/mol. The van der Waals surface area contributed by atoms with Crippen molar-refractivity contribution in [1.29, 1.82) is 0 Å². The molecule has 1 aromatic carbocycles. The SMILES string of the molecule is FC(F)(F)CONC1CCc2c(Br)cccc21. The Hall–Kier alpha value is -0.590. The molecule has 0 spiro atoms. The second kappa shape index (κ2) is 4.96. The Morgan fingerprint density at radius 3 is 2.88 bits per heavy atom. The molecule has 0 fully saturated rings. The Morgan fingerprint density at radius 1 is 1.41 bits per heavy atom. The van der Waals surface area contributed by atoms with Crippen LogP contribution in [0.5, 0.6) is 0 Å². The maximum Gasteiger partial charge on any atom is 0.413 e. The molecule has 1 aromatic rings. The molecule has 2 nitrogen and oxygen atoms in total. The van der Waals surface area contributed by atoms with E-state index in [0.29, 0.717) is 0 Å². The highest BCUT2D eigenvalue weighted by molar-refractivity contribution is 9.10. The smallest absolute Gasteiger partial charge is 0.292 e. The number of nitrogens with one attached hydrogen (secondary N) is 1. The number of benzene rings is 1. The summed E-state index contributed by atoms with van der Waals surface area (Å²) in [5.74, 6) is 0. The van der Waals surface area contributed by atoms with Crippen molar-refractivity contribution in [2.75, 3.05) is 6.61 Å². The molecule has 0 aliphatic heterocycles. The maximum atomic E-state index is 11.9. The molecular weight excluding hydrogens is 299 g/mol. The van der Waals surface area contributed by atoms with Crippen LogP contribution in [0.4, 0.5) is 13.2 Å². The average Bonchev–Trinajstić information content (AvgIpc) is 2.61. The lowest BCUT2D eigenvalue weighted by atomic mass is 10.1. The molecule has 1 unspecified atom stereocenters. The van der Waals surface area contributed by atoms with Crippen LogP contribution in [0.1, 0.15) is 23.6 Å². The molecule has 0 saturated heterocycles. The second-order valence-electron chi connectivity index (χ2n) is 3.92. The van der Waals surface area contributed by atoms with Crippen LogP contribution in [-0.2, 0) is 11.3 Å². The van der Waals surface area contributed by atoms with Gasteiger partial charge in [-0.3, -0.25) is 4.84 Å². The van der Waals surface area contributed by atoms with Gasteiger partial charge in [0.2, 0.25) is 0 Å². The minimum absolute atomic E-state index is 0.162. The molecule has 1 aliphatic rings. The molecule has 6 heteroatoms. The number of halogens is 4. The first kappa shape index (κ1) is 12.9. The summed E-state index contributed by atoms with van der Waals surface area (Å²) in [7, 11) is 0. The lowest BCUT2D eigenvalue weighted by molar-refractivity contribution is -0.193. The normalized spacial score (nSPS) is 19.4. The Labute approximate surface area is 105 Å². The molecule has 0 heterocycles. The van der Waals surface area contributed by atoms with Crippen LogP contribution in [0.15, 0.2) is 22.7 Å². The first-order chi connectivity index (χ1) is 7.97. The number of hydroxylamine groups is 1. The van der Waals surface area contributed by atoms with Crippen molar-refractivity contribution in [3.8, 4) is 0 Å². The van der Waals surface area contributed by atoms with Gasteiger partial charge >= 0.3 is 6.18 Å². The third-order valence-electron chi connectivity index (χ3n) is 2.67. The minimum atomic E-state index is -4.30. The van der Waals surface area contributed by atoms with Crippen LogP contribution in [0.3, 0.4) is 0 Å². The number of fused-ring (bicyclic) bond motifs is 1. The van der Waals surface area contributed by atoms with Gasteiger partial charge < -0.3 is 0 Å². The van der Waals surface area contributed by atoms with Crippen molar-refractivity contribution < 1.29 is 18.0 Å². The average molecular weight is 310 g/mol. The Bertz CT molecular complexity index is 408. The van der Waals surface area contributed by atoms with Crippen LogP contribution < -0.4 is 5.48 Å². The van der Waals surface area contributed by atoms with Crippen molar-refractivity contribution in [1.82, 2.24) is 5.48 Å². The van der Waals surface area contributed by atoms with Gasteiger partial charge in [-0.25, -0.2) is 0 Å². The first-order valence-corrected chi connectivity index (χ1v) is 5.98. The maximum absolute atomic E-state index is 11.9. The molecule has 2 rings (SSSR count). The van der Waals surface area contributed by atoms with E-state index in [1.54, 1.807) is 0 Å². The molecule has 0 saturated carbocycles. The molecule has 94 valence electrons. The van der Waals surface area contributed by atoms with E-state index in [1.807, 2.05) is 18.2 Å². The highest BCUT2D eigenvalue weighted by atomic mass is 79.9. The monoisotopic (exact) mass is 309 g/mol. The summed E-state index contributed by atoms with van der Waals surface area (Å²) in [6, 6.07) is 5.54. The molecule has 0 radical (unpaired) electrons. The Morgan fingerprint density at radius 2 is 2.18 bits per heavy atom. The molecule has 1 atom stereocenters. The predicted octanol–water partition coefficient (Wildman–Crippen LogP) is 3.52. The van der Waals surface area contributed by atoms with Crippen LogP contribution >= 0.6 is 15.9 Å². The van der Waals surface area contributed by atoms with Crippen molar-refractivity contribution in [3.63, 3.8) is 0 Å². The molecule has 1 N–H and O–H groups in total. The zero-order chi connectivity index (χ0) is 12.5. The summed E-state index contributed by atoms with van der Waals surface area (Å²) in [6.07, 6.45) is -2.72. The van der Waals surface area contributed by atoms with Crippen LogP contribution in [-0.4, -0.2) is 12.8 Å². The van der Waals surface area contributed by atoms with Crippen molar-refractivity contribution >= 4 is 15.9 Å². The van der Waals surface area contributed by atoms with Crippen LogP contribution in [0.2, 0.25) is 0 Å². The fourth-order valence-corrected chi connectivity index (χ4v) is 2.54. The number of alkyl halides is 3. The number of hydrogen-bond acceptors (Lipinski definition) is 2. The van der Waals surface area contributed by atoms with E-state index in [9.17, 15) is 13.2 Å². The molecular formula is C11H11BrF3NO. The highest BCUT2D eigenvalue weighted by Crippen LogP contribution is 2.35. The quantitative estimate of drug-likeness (QED) is 0.863. The number of hydrogen-bond donors (Lipinski definition) is 1. The van der Waals surface area contributed by atoms with Gasteiger partial charge in [-0.15, -0.1) is 0 Å². The van der Waals surface area contributed by atoms with Crippen LogP contribution in [0.25, 0.3) is 0 Å². The zero-order valence-electron chi connectivity index (χ0n) is 8.85. The molecule has 0 bridgehead atoms. The summed E-state index contributed by atoms with van der Waals surface area (Å²) < 4.78 is 36.7. The van der Waals surface area contributed by atoms with E-state index in [0.717, 1.165) is 28.4 Å². The van der Waals surface area contributed by atoms with Gasteiger partial charge in [-0.2, -0.15) is 18.7 Å². The van der Waals surface area contributed by atoms with Gasteiger partial charge in [0, 0.05) is 4.47 Å². The fourth-order valence-electron chi connectivity index (χ4n) is 1.96.